The number of phenols is 1. The lowest BCUT2D eigenvalue weighted by Gasteiger charge is -2.39. The fourth-order valence-corrected chi connectivity index (χ4v) is 6.00. The molecule has 0 amide bonds. The van der Waals surface area contributed by atoms with E-state index in [0.717, 1.165) is 39.8 Å². The van der Waals surface area contributed by atoms with Gasteiger partial charge in [-0.05, 0) is 70.0 Å². The van der Waals surface area contributed by atoms with E-state index in [1.807, 2.05) is 24.3 Å². The van der Waals surface area contributed by atoms with E-state index in [2.05, 4.69) is 88.1 Å². The molecule has 3 aromatic rings. The minimum absolute atomic E-state index is 0.127. The number of aliphatic hydroxyl groups is 1. The molecule has 0 aliphatic carbocycles. The molecule has 5 nitrogen and oxygen atoms in total. The minimum Gasteiger partial charge on any atom is -0.504 e. The van der Waals surface area contributed by atoms with Gasteiger partial charge in [0, 0.05) is 40.1 Å². The third-order valence-corrected chi connectivity index (χ3v) is 8.80. The number of benzene rings is 3. The average molecular weight is 652 g/mol. The first kappa shape index (κ1) is 38.0. The predicted molar refractivity (Wildman–Crippen MR) is 189 cm³/mol. The van der Waals surface area contributed by atoms with Gasteiger partial charge in [-0.2, -0.15) is 0 Å². The largest absolute Gasteiger partial charge is 0.504 e. The molecule has 3 rings (SSSR count). The van der Waals surface area contributed by atoms with Gasteiger partial charge in [0.05, 0.1) is 20.3 Å². The zero-order chi connectivity index (χ0) is 36.1. The van der Waals surface area contributed by atoms with Crippen LogP contribution < -0.4 is 9.47 Å². The summed E-state index contributed by atoms with van der Waals surface area (Å²) in [5.74, 6) is -1.13. The van der Waals surface area contributed by atoms with Gasteiger partial charge in [0.25, 0.3) is 0 Å². The number of hydrogen-bond donors (Lipinski definition) is 2. The normalized spacial score (nSPS) is 14.1. The quantitative estimate of drug-likeness (QED) is 0.250. The Balaban J connectivity index is 2.58. The molecule has 0 aliphatic heterocycles. The van der Waals surface area contributed by atoms with E-state index < -0.39 is 29.0 Å². The number of hydrogen-bond acceptors (Lipinski definition) is 5. The fraction of sp³-hybridized carbons (Fsp3) is 0.525. The first-order chi connectivity index (χ1) is 21.3. The second-order valence-electron chi connectivity index (χ2n) is 16.8. The molecular weight excluding hydrogens is 596 g/mol. The van der Waals surface area contributed by atoms with Gasteiger partial charge in [0.2, 0.25) is 0 Å². The highest BCUT2D eigenvalue weighted by atomic mass is 19.1. The van der Waals surface area contributed by atoms with Crippen molar-refractivity contribution in [2.75, 3.05) is 14.2 Å². The third-order valence-electron chi connectivity index (χ3n) is 8.80. The molecule has 2 N–H and O–H groups in total. The number of rotatable bonds is 7. The summed E-state index contributed by atoms with van der Waals surface area (Å²) in [5, 5.41) is 23.7. The summed E-state index contributed by atoms with van der Waals surface area (Å²) in [6.07, 6.45) is 1.22. The zero-order valence-corrected chi connectivity index (χ0v) is 31.0. The summed E-state index contributed by atoms with van der Waals surface area (Å²) in [4.78, 5) is 4.68. The molecule has 47 heavy (non-hydrogen) atoms. The van der Waals surface area contributed by atoms with Crippen LogP contribution in [0, 0.1) is 11.6 Å². The average Bonchev–Trinajstić information content (AvgIpc) is 2.94. The number of methoxy groups -OCH3 is 2. The number of phenolic OH excluding ortho intramolecular Hbond substituents is 1. The van der Waals surface area contributed by atoms with Crippen molar-refractivity contribution in [3.05, 3.63) is 87.0 Å². The molecule has 0 aromatic heterocycles. The van der Waals surface area contributed by atoms with Crippen LogP contribution in [0.2, 0.25) is 0 Å². The van der Waals surface area contributed by atoms with Gasteiger partial charge in [-0.25, -0.2) is 8.78 Å². The SMILES string of the molecule is COc1c(C(C)(C)C)cc(C(O)(c2cc(C(C)(C)C)c(OC)c(C(C)(C)C)c2)C(C)N=Cc2cc(F)cc(F)c2O)cc1C(C)(C)C. The number of halogens is 2. The van der Waals surface area contributed by atoms with Crippen LogP contribution in [0.1, 0.15) is 129 Å². The van der Waals surface area contributed by atoms with Gasteiger partial charge in [0.15, 0.2) is 11.6 Å². The van der Waals surface area contributed by atoms with Crippen molar-refractivity contribution >= 4 is 6.21 Å². The van der Waals surface area contributed by atoms with Crippen LogP contribution in [0.25, 0.3) is 0 Å². The maximum Gasteiger partial charge on any atom is 0.168 e. The van der Waals surface area contributed by atoms with Crippen LogP contribution in [0.4, 0.5) is 8.78 Å². The van der Waals surface area contributed by atoms with Gasteiger partial charge >= 0.3 is 0 Å². The van der Waals surface area contributed by atoms with Crippen LogP contribution in [0.5, 0.6) is 17.2 Å². The molecule has 0 saturated heterocycles. The van der Waals surface area contributed by atoms with E-state index in [1.165, 1.54) is 6.21 Å². The van der Waals surface area contributed by atoms with Gasteiger partial charge in [-0.15, -0.1) is 0 Å². The standard InChI is InChI=1S/C40H55F2NO4/c1-23(43-22-24-16-27(41)21-32(42)33(24)44)40(45,25-17-28(36(2,3)4)34(46-14)29(18-25)37(5,6)7)26-19-30(38(8,9)10)35(47-15)31(20-26)39(11,12)13/h16-23,44-45H,1-15H3. The minimum atomic E-state index is -1.75. The summed E-state index contributed by atoms with van der Waals surface area (Å²) < 4.78 is 40.5. The molecular formula is C40H55F2NO4. The Labute approximate surface area is 281 Å². The molecule has 258 valence electrons. The van der Waals surface area contributed by atoms with Crippen LogP contribution >= 0.6 is 0 Å². The molecule has 0 radical (unpaired) electrons. The summed E-state index contributed by atoms with van der Waals surface area (Å²) in [6.45, 7) is 27.0. The monoisotopic (exact) mass is 651 g/mol. The lowest BCUT2D eigenvalue weighted by Crippen LogP contribution is -2.39. The van der Waals surface area contributed by atoms with Gasteiger partial charge in [-0.1, -0.05) is 83.1 Å². The lowest BCUT2D eigenvalue weighted by molar-refractivity contribution is 0.0582. The fourth-order valence-electron chi connectivity index (χ4n) is 6.00. The molecule has 0 saturated carbocycles. The van der Waals surface area contributed by atoms with Gasteiger partial charge in [-0.3, -0.25) is 4.99 Å². The van der Waals surface area contributed by atoms with Crippen molar-refractivity contribution in [1.29, 1.82) is 0 Å². The van der Waals surface area contributed by atoms with Gasteiger partial charge in [0.1, 0.15) is 22.9 Å². The smallest absolute Gasteiger partial charge is 0.168 e. The van der Waals surface area contributed by atoms with Crippen molar-refractivity contribution in [3.8, 4) is 17.2 Å². The summed E-state index contributed by atoms with van der Waals surface area (Å²) in [6, 6.07) is 8.67. The first-order valence-electron chi connectivity index (χ1n) is 16.2. The highest BCUT2D eigenvalue weighted by Gasteiger charge is 2.43. The lowest BCUT2D eigenvalue weighted by atomic mass is 9.71. The second-order valence-corrected chi connectivity index (χ2v) is 16.8. The van der Waals surface area contributed by atoms with E-state index >= 15 is 0 Å². The maximum atomic E-state index is 14.3. The van der Waals surface area contributed by atoms with Crippen molar-refractivity contribution < 1.29 is 28.5 Å². The van der Waals surface area contributed by atoms with E-state index in [-0.39, 0.29) is 27.2 Å². The maximum absolute atomic E-state index is 14.3. The van der Waals surface area contributed by atoms with Gasteiger partial charge < -0.3 is 19.7 Å². The number of ether oxygens (including phenoxy) is 2. The predicted octanol–water partition coefficient (Wildman–Crippen LogP) is 9.62. The second kappa shape index (κ2) is 12.9. The van der Waals surface area contributed by atoms with Crippen LogP contribution in [0.15, 0.2) is 41.4 Å². The van der Waals surface area contributed by atoms with E-state index in [4.69, 9.17) is 9.47 Å². The summed E-state index contributed by atoms with van der Waals surface area (Å²) in [5.41, 5.74) is 1.57. The number of nitrogens with zero attached hydrogens (tertiary/aromatic N) is 1. The Morgan fingerprint density at radius 3 is 1.28 bits per heavy atom. The van der Waals surface area contributed by atoms with Crippen molar-refractivity contribution in [1.82, 2.24) is 0 Å². The molecule has 0 fully saturated rings. The number of aliphatic imine (C=N–C) groups is 1. The van der Waals surface area contributed by atoms with E-state index in [0.29, 0.717) is 17.2 Å². The molecule has 0 heterocycles. The third kappa shape index (κ3) is 7.66. The Bertz CT molecular complexity index is 1490. The van der Waals surface area contributed by atoms with Crippen molar-refractivity contribution in [2.24, 2.45) is 4.99 Å². The summed E-state index contributed by atoms with van der Waals surface area (Å²) in [7, 11) is 3.33. The topological polar surface area (TPSA) is 71.3 Å². The van der Waals surface area contributed by atoms with Crippen LogP contribution in [0.3, 0.4) is 0 Å². The zero-order valence-electron chi connectivity index (χ0n) is 31.0. The van der Waals surface area contributed by atoms with Crippen molar-refractivity contribution in [2.45, 2.75) is 123 Å². The molecule has 1 atom stereocenters. The number of aromatic hydroxyl groups is 1. The molecule has 7 heteroatoms. The highest BCUT2D eigenvalue weighted by Crippen LogP contribution is 2.48. The molecule has 0 bridgehead atoms. The van der Waals surface area contributed by atoms with Crippen LogP contribution in [-0.2, 0) is 27.3 Å². The molecule has 0 spiro atoms. The summed E-state index contributed by atoms with van der Waals surface area (Å²) >= 11 is 0. The Kier molecular flexibility index (Phi) is 10.4. The molecule has 0 aliphatic rings. The van der Waals surface area contributed by atoms with Crippen molar-refractivity contribution in [3.63, 3.8) is 0 Å². The van der Waals surface area contributed by atoms with E-state index in [1.54, 1.807) is 21.1 Å². The Morgan fingerprint density at radius 2 is 0.979 bits per heavy atom. The van der Waals surface area contributed by atoms with Crippen LogP contribution in [-0.4, -0.2) is 36.7 Å². The molecule has 1 unspecified atom stereocenters. The Morgan fingerprint density at radius 1 is 0.638 bits per heavy atom. The van der Waals surface area contributed by atoms with E-state index in [9.17, 15) is 19.0 Å². The highest BCUT2D eigenvalue weighted by molar-refractivity contribution is 5.83. The Hall–Kier alpha value is -3.45. The first-order valence-corrected chi connectivity index (χ1v) is 16.2. The molecule has 3 aromatic carbocycles.